The lowest BCUT2D eigenvalue weighted by molar-refractivity contribution is 0.147. The molecule has 2 heterocycles. The van der Waals surface area contributed by atoms with E-state index in [1.165, 1.54) is 0 Å². The Balaban J connectivity index is 2.05. The van der Waals surface area contributed by atoms with Gasteiger partial charge in [-0.25, -0.2) is 4.68 Å². The molecule has 2 aromatic carbocycles. The van der Waals surface area contributed by atoms with Crippen LogP contribution in [0.3, 0.4) is 0 Å². The number of nitrogens with zero attached hydrogens (tertiary/aromatic N) is 2. The lowest BCUT2D eigenvalue weighted by atomic mass is 10.1. The number of anilines is 1. The summed E-state index contributed by atoms with van der Waals surface area (Å²) in [6.45, 7) is 2.73. The van der Waals surface area contributed by atoms with Crippen LogP contribution >= 0.6 is 0 Å². The summed E-state index contributed by atoms with van der Waals surface area (Å²) in [5.41, 5.74) is 8.87. The van der Waals surface area contributed by atoms with Gasteiger partial charge in [0.15, 0.2) is 0 Å². The van der Waals surface area contributed by atoms with E-state index >= 15 is 0 Å². The lowest BCUT2D eigenvalue weighted by Crippen LogP contribution is -2.10. The zero-order valence-electron chi connectivity index (χ0n) is 16.5. The van der Waals surface area contributed by atoms with Gasteiger partial charge in [-0.15, -0.1) is 0 Å². The van der Waals surface area contributed by atoms with Crippen molar-refractivity contribution in [3.05, 3.63) is 52.3 Å². The quantitative estimate of drug-likeness (QED) is 0.487. The van der Waals surface area contributed by atoms with E-state index in [1.54, 1.807) is 31.0 Å². The summed E-state index contributed by atoms with van der Waals surface area (Å²) >= 11 is 0. The van der Waals surface area contributed by atoms with Crippen molar-refractivity contribution in [2.24, 2.45) is 0 Å². The van der Waals surface area contributed by atoms with E-state index in [9.17, 15) is 4.79 Å². The maximum atomic E-state index is 12.8. The molecule has 3 N–H and O–H groups in total. The van der Waals surface area contributed by atoms with Crippen LogP contribution in [-0.2, 0) is 4.74 Å². The van der Waals surface area contributed by atoms with Crippen LogP contribution in [0.25, 0.3) is 27.5 Å². The SMILES string of the molecule is COCCOc1cc(OC)cc2[nH]c(=O)c3c(N)n(-c4ccccc4C)nc3c12. The Bertz CT molecular complexity index is 1260. The minimum Gasteiger partial charge on any atom is -0.497 e. The first-order chi connectivity index (χ1) is 14.0. The number of H-pyrrole nitrogens is 1. The molecule has 0 saturated carbocycles. The number of nitrogens with two attached hydrogens (primary N) is 1. The number of methoxy groups -OCH3 is 2. The van der Waals surface area contributed by atoms with E-state index in [0.717, 1.165) is 11.3 Å². The molecule has 8 heteroatoms. The number of nitrogen functional groups attached to an aromatic ring is 1. The standard InChI is InChI=1S/C21H22N4O4/c1-12-6-4-5-7-15(12)25-20(22)18-19(24-25)17-14(23-21(18)26)10-13(28-3)11-16(17)29-9-8-27-2/h4-7,10-11H,8-9,22H2,1-3H3,(H,23,26). The summed E-state index contributed by atoms with van der Waals surface area (Å²) in [6, 6.07) is 11.2. The van der Waals surface area contributed by atoms with Crippen molar-refractivity contribution in [2.45, 2.75) is 6.92 Å². The van der Waals surface area contributed by atoms with Crippen LogP contribution in [0.15, 0.2) is 41.2 Å². The van der Waals surface area contributed by atoms with Crippen LogP contribution in [-0.4, -0.2) is 42.2 Å². The van der Waals surface area contributed by atoms with Crippen LogP contribution in [0.5, 0.6) is 11.5 Å². The number of aryl methyl sites for hydroxylation is 1. The maximum Gasteiger partial charge on any atom is 0.261 e. The van der Waals surface area contributed by atoms with Gasteiger partial charge in [0, 0.05) is 19.2 Å². The van der Waals surface area contributed by atoms with Gasteiger partial charge in [-0.05, 0) is 18.6 Å². The number of hydrogen-bond donors (Lipinski definition) is 2. The highest BCUT2D eigenvalue weighted by molar-refractivity contribution is 6.10. The average molecular weight is 394 g/mol. The molecule has 0 saturated heterocycles. The van der Waals surface area contributed by atoms with E-state index in [0.29, 0.717) is 46.5 Å². The molecule has 0 unspecified atom stereocenters. The zero-order valence-corrected chi connectivity index (χ0v) is 16.5. The highest BCUT2D eigenvalue weighted by atomic mass is 16.5. The minimum absolute atomic E-state index is 0.274. The molecule has 0 fully saturated rings. The van der Waals surface area contributed by atoms with Gasteiger partial charge in [-0.1, -0.05) is 18.2 Å². The number of aromatic nitrogens is 3. The Hall–Kier alpha value is -3.52. The molecule has 0 amide bonds. The number of pyridine rings is 1. The van der Waals surface area contributed by atoms with Gasteiger partial charge in [-0.3, -0.25) is 4.79 Å². The number of fused-ring (bicyclic) bond motifs is 3. The Morgan fingerprint density at radius 3 is 2.66 bits per heavy atom. The van der Waals surface area contributed by atoms with Crippen molar-refractivity contribution in [1.82, 2.24) is 14.8 Å². The van der Waals surface area contributed by atoms with E-state index in [-0.39, 0.29) is 11.4 Å². The summed E-state index contributed by atoms with van der Waals surface area (Å²) in [6.07, 6.45) is 0. The maximum absolute atomic E-state index is 12.8. The Morgan fingerprint density at radius 2 is 1.93 bits per heavy atom. The zero-order chi connectivity index (χ0) is 20.5. The number of rotatable bonds is 6. The van der Waals surface area contributed by atoms with Gasteiger partial charge < -0.3 is 24.9 Å². The first-order valence-corrected chi connectivity index (χ1v) is 9.15. The summed E-state index contributed by atoms with van der Waals surface area (Å²) in [5, 5.41) is 5.68. The fourth-order valence-corrected chi connectivity index (χ4v) is 3.40. The molecule has 4 rings (SSSR count). The van der Waals surface area contributed by atoms with Crippen molar-refractivity contribution in [3.8, 4) is 17.2 Å². The largest absolute Gasteiger partial charge is 0.497 e. The second kappa shape index (κ2) is 7.48. The smallest absolute Gasteiger partial charge is 0.261 e. The molecule has 4 aromatic rings. The first-order valence-electron chi connectivity index (χ1n) is 9.15. The monoisotopic (exact) mass is 394 g/mol. The highest BCUT2D eigenvalue weighted by Gasteiger charge is 2.20. The number of para-hydroxylation sites is 1. The normalized spacial score (nSPS) is 11.3. The molecular formula is C21H22N4O4. The number of hydrogen-bond acceptors (Lipinski definition) is 6. The van der Waals surface area contributed by atoms with Crippen LogP contribution < -0.4 is 20.8 Å². The highest BCUT2D eigenvalue weighted by Crippen LogP contribution is 2.36. The molecular weight excluding hydrogens is 372 g/mol. The lowest BCUT2D eigenvalue weighted by Gasteiger charge is -2.11. The second-order valence-corrected chi connectivity index (χ2v) is 6.65. The van der Waals surface area contributed by atoms with Crippen molar-refractivity contribution in [3.63, 3.8) is 0 Å². The molecule has 0 aliphatic rings. The Morgan fingerprint density at radius 1 is 1.14 bits per heavy atom. The fourth-order valence-electron chi connectivity index (χ4n) is 3.40. The van der Waals surface area contributed by atoms with Crippen molar-refractivity contribution >= 4 is 27.6 Å². The topological polar surface area (TPSA) is 104 Å². The van der Waals surface area contributed by atoms with E-state index in [1.807, 2.05) is 31.2 Å². The second-order valence-electron chi connectivity index (χ2n) is 6.65. The molecule has 0 spiro atoms. The number of ether oxygens (including phenoxy) is 3. The molecule has 0 aliphatic carbocycles. The Labute approximate surface area is 166 Å². The van der Waals surface area contributed by atoms with Crippen molar-refractivity contribution < 1.29 is 14.2 Å². The summed E-state index contributed by atoms with van der Waals surface area (Å²) in [7, 11) is 3.16. The molecule has 8 nitrogen and oxygen atoms in total. The van der Waals surface area contributed by atoms with E-state index in [2.05, 4.69) is 4.98 Å². The van der Waals surface area contributed by atoms with Crippen molar-refractivity contribution in [2.75, 3.05) is 33.2 Å². The van der Waals surface area contributed by atoms with Crippen LogP contribution in [0.1, 0.15) is 5.56 Å². The van der Waals surface area contributed by atoms with Gasteiger partial charge >= 0.3 is 0 Å². The third-order valence-electron chi connectivity index (χ3n) is 4.83. The summed E-state index contributed by atoms with van der Waals surface area (Å²) in [5.74, 6) is 1.37. The minimum atomic E-state index is -0.319. The molecule has 0 atom stereocenters. The van der Waals surface area contributed by atoms with Crippen LogP contribution in [0.4, 0.5) is 5.82 Å². The van der Waals surface area contributed by atoms with Crippen molar-refractivity contribution in [1.29, 1.82) is 0 Å². The summed E-state index contributed by atoms with van der Waals surface area (Å²) in [4.78, 5) is 15.7. The molecule has 0 bridgehead atoms. The van der Waals surface area contributed by atoms with Gasteiger partial charge in [0.05, 0.1) is 30.3 Å². The molecule has 2 aromatic heterocycles. The predicted octanol–water partition coefficient (Wildman–Crippen LogP) is 2.79. The number of aromatic amines is 1. The summed E-state index contributed by atoms with van der Waals surface area (Å²) < 4.78 is 17.9. The first kappa shape index (κ1) is 18.8. The predicted molar refractivity (Wildman–Crippen MR) is 112 cm³/mol. The van der Waals surface area contributed by atoms with Crippen LogP contribution in [0.2, 0.25) is 0 Å². The number of benzene rings is 2. The average Bonchev–Trinajstić information content (AvgIpc) is 3.05. The molecule has 0 radical (unpaired) electrons. The van der Waals surface area contributed by atoms with Gasteiger partial charge in [0.25, 0.3) is 5.56 Å². The van der Waals surface area contributed by atoms with Gasteiger partial charge in [0.2, 0.25) is 0 Å². The van der Waals surface area contributed by atoms with E-state index < -0.39 is 0 Å². The van der Waals surface area contributed by atoms with E-state index in [4.69, 9.17) is 25.0 Å². The Kier molecular flexibility index (Phi) is 4.85. The third-order valence-corrected chi connectivity index (χ3v) is 4.83. The van der Waals surface area contributed by atoms with Gasteiger partial charge in [-0.2, -0.15) is 5.10 Å². The molecule has 0 aliphatic heterocycles. The van der Waals surface area contributed by atoms with Gasteiger partial charge in [0.1, 0.15) is 34.8 Å². The number of nitrogens with one attached hydrogen (secondary N) is 1. The molecule has 150 valence electrons. The molecule has 29 heavy (non-hydrogen) atoms. The van der Waals surface area contributed by atoms with Crippen LogP contribution in [0, 0.1) is 6.92 Å². The fraction of sp³-hybridized carbons (Fsp3) is 0.238. The third kappa shape index (κ3) is 3.17.